The van der Waals surface area contributed by atoms with E-state index in [4.69, 9.17) is 10.5 Å². The summed E-state index contributed by atoms with van der Waals surface area (Å²) >= 11 is 0. The largest absolute Gasteiger partial charge is 0.394 e. The fourth-order valence-corrected chi connectivity index (χ4v) is 3.27. The van der Waals surface area contributed by atoms with E-state index in [1.165, 1.54) is 10.9 Å². The fourth-order valence-electron chi connectivity index (χ4n) is 3.27. The third-order valence-electron chi connectivity index (χ3n) is 4.92. The second-order valence-electron chi connectivity index (χ2n) is 7.12. The van der Waals surface area contributed by atoms with Gasteiger partial charge in [0, 0.05) is 0 Å². The van der Waals surface area contributed by atoms with E-state index in [9.17, 15) is 20.4 Å². The smallest absolute Gasteiger partial charge is 0.209 e. The van der Waals surface area contributed by atoms with Crippen LogP contribution >= 0.6 is 0 Å². The van der Waals surface area contributed by atoms with Crippen molar-refractivity contribution in [2.45, 2.75) is 69.7 Å². The summed E-state index contributed by atoms with van der Waals surface area (Å²) in [5.74, 6) is 5.66. The minimum atomic E-state index is -1.28. The van der Waals surface area contributed by atoms with Crippen LogP contribution in [0.1, 0.15) is 51.1 Å². The maximum Gasteiger partial charge on any atom is 0.209 e. The lowest BCUT2D eigenvalue weighted by Gasteiger charge is -2.16. The monoisotopic (exact) mass is 405 g/mol. The van der Waals surface area contributed by atoms with E-state index in [0.29, 0.717) is 11.9 Å². The van der Waals surface area contributed by atoms with Gasteiger partial charge in [-0.1, -0.05) is 32.1 Å². The number of anilines is 1. The summed E-state index contributed by atoms with van der Waals surface area (Å²) < 4.78 is 6.95. The van der Waals surface area contributed by atoms with Crippen molar-refractivity contribution in [2.75, 3.05) is 12.3 Å². The highest BCUT2D eigenvalue weighted by Crippen LogP contribution is 2.31. The van der Waals surface area contributed by atoms with Crippen molar-refractivity contribution in [1.82, 2.24) is 19.5 Å². The quantitative estimate of drug-likeness (QED) is 0.308. The SMILES string of the molecule is CCCCCCC(O)C#Cc1nc(N)c2ncn([C@@H]3O[C@H](CO)[C@@H](O)[C@H]3O)c2n1. The molecule has 0 spiro atoms. The van der Waals surface area contributed by atoms with E-state index in [2.05, 4.69) is 33.7 Å². The van der Waals surface area contributed by atoms with E-state index in [-0.39, 0.29) is 17.3 Å². The Morgan fingerprint density at radius 3 is 2.72 bits per heavy atom. The molecule has 1 unspecified atom stereocenters. The van der Waals surface area contributed by atoms with Gasteiger partial charge in [-0.2, -0.15) is 0 Å². The van der Waals surface area contributed by atoms with Crippen LogP contribution in [0.15, 0.2) is 6.33 Å². The molecular weight excluding hydrogens is 378 g/mol. The first-order valence-corrected chi connectivity index (χ1v) is 9.78. The van der Waals surface area contributed by atoms with Crippen molar-refractivity contribution >= 4 is 17.0 Å². The van der Waals surface area contributed by atoms with Crippen LogP contribution in [-0.4, -0.2) is 71.0 Å². The van der Waals surface area contributed by atoms with Crippen molar-refractivity contribution in [3.8, 4) is 11.8 Å². The molecule has 0 bridgehead atoms. The Labute approximate surface area is 168 Å². The van der Waals surface area contributed by atoms with E-state index in [0.717, 1.165) is 25.7 Å². The summed E-state index contributed by atoms with van der Waals surface area (Å²) in [5, 5.41) is 39.5. The van der Waals surface area contributed by atoms with Crippen LogP contribution in [0.25, 0.3) is 11.2 Å². The summed E-state index contributed by atoms with van der Waals surface area (Å²) in [6, 6.07) is 0. The van der Waals surface area contributed by atoms with Crippen LogP contribution in [0.3, 0.4) is 0 Å². The Hall–Kier alpha value is -2.29. The van der Waals surface area contributed by atoms with Crippen LogP contribution in [0.5, 0.6) is 0 Å². The zero-order chi connectivity index (χ0) is 21.0. The summed E-state index contributed by atoms with van der Waals surface area (Å²) in [5.41, 5.74) is 6.53. The average Bonchev–Trinajstić information content (AvgIpc) is 3.25. The molecule has 1 fully saturated rings. The first kappa shape index (κ1) is 21.4. The predicted molar refractivity (Wildman–Crippen MR) is 104 cm³/mol. The van der Waals surface area contributed by atoms with Crippen LogP contribution in [0.2, 0.25) is 0 Å². The number of hydrogen-bond acceptors (Lipinski definition) is 9. The maximum atomic E-state index is 10.3. The molecule has 2 aromatic rings. The molecule has 10 heteroatoms. The molecule has 10 nitrogen and oxygen atoms in total. The lowest BCUT2D eigenvalue weighted by atomic mass is 10.1. The number of hydrogen-bond donors (Lipinski definition) is 5. The summed E-state index contributed by atoms with van der Waals surface area (Å²) in [6.07, 6.45) is 0.917. The van der Waals surface area contributed by atoms with Gasteiger partial charge in [-0.25, -0.2) is 15.0 Å². The van der Waals surface area contributed by atoms with Crippen LogP contribution in [0.4, 0.5) is 5.82 Å². The molecule has 29 heavy (non-hydrogen) atoms. The summed E-state index contributed by atoms with van der Waals surface area (Å²) in [4.78, 5) is 12.6. The molecule has 6 N–H and O–H groups in total. The van der Waals surface area contributed by atoms with E-state index in [1.807, 2.05) is 0 Å². The van der Waals surface area contributed by atoms with Gasteiger partial charge in [0.1, 0.15) is 29.9 Å². The second kappa shape index (κ2) is 9.47. The topological polar surface area (TPSA) is 160 Å². The molecule has 2 aromatic heterocycles. The molecule has 3 heterocycles. The van der Waals surface area contributed by atoms with Gasteiger partial charge in [0.2, 0.25) is 5.82 Å². The van der Waals surface area contributed by atoms with Crippen LogP contribution < -0.4 is 5.73 Å². The first-order valence-electron chi connectivity index (χ1n) is 9.78. The standard InChI is InChI=1S/C19H27N5O5/c1-2-3-4-5-6-11(26)7-8-13-22-17(20)14-18(23-13)24(10-21-14)19-16(28)15(27)12(9-25)29-19/h10-12,15-16,19,25-28H,2-6,9H2,1H3,(H2,20,22,23)/t11?,12-,15-,16-,19-/m1/s1. The second-order valence-corrected chi connectivity index (χ2v) is 7.12. The lowest BCUT2D eigenvalue weighted by Crippen LogP contribution is -2.33. The van der Waals surface area contributed by atoms with Crippen molar-refractivity contribution in [1.29, 1.82) is 0 Å². The van der Waals surface area contributed by atoms with Gasteiger partial charge in [0.15, 0.2) is 17.7 Å². The number of rotatable bonds is 7. The van der Waals surface area contributed by atoms with Crippen LogP contribution in [-0.2, 0) is 4.74 Å². The van der Waals surface area contributed by atoms with Gasteiger partial charge in [-0.3, -0.25) is 4.57 Å². The van der Waals surface area contributed by atoms with Gasteiger partial charge >= 0.3 is 0 Å². The molecule has 5 atom stereocenters. The number of nitrogens with zero attached hydrogens (tertiary/aromatic N) is 4. The highest BCUT2D eigenvalue weighted by atomic mass is 16.6. The van der Waals surface area contributed by atoms with Gasteiger partial charge in [0.05, 0.1) is 12.9 Å². The van der Waals surface area contributed by atoms with Gasteiger partial charge < -0.3 is 30.9 Å². The number of aromatic nitrogens is 4. The summed E-state index contributed by atoms with van der Waals surface area (Å²) in [7, 11) is 0. The van der Waals surface area contributed by atoms with Crippen molar-refractivity contribution < 1.29 is 25.2 Å². The Morgan fingerprint density at radius 1 is 1.24 bits per heavy atom. The van der Waals surface area contributed by atoms with Gasteiger partial charge in [-0.15, -0.1) is 0 Å². The third kappa shape index (κ3) is 4.66. The third-order valence-corrected chi connectivity index (χ3v) is 4.92. The number of fused-ring (bicyclic) bond motifs is 1. The van der Waals surface area contributed by atoms with E-state index >= 15 is 0 Å². The molecule has 0 amide bonds. The molecule has 1 saturated heterocycles. The molecule has 0 radical (unpaired) electrons. The number of aliphatic hydroxyl groups is 4. The average molecular weight is 405 g/mol. The number of ether oxygens (including phenoxy) is 1. The van der Waals surface area contributed by atoms with Crippen molar-refractivity contribution in [3.63, 3.8) is 0 Å². The molecule has 1 aliphatic rings. The number of nitrogen functional groups attached to an aromatic ring is 1. The fraction of sp³-hybridized carbons (Fsp3) is 0.632. The van der Waals surface area contributed by atoms with E-state index in [1.54, 1.807) is 0 Å². The molecule has 158 valence electrons. The highest BCUT2D eigenvalue weighted by molar-refractivity contribution is 5.82. The molecule has 3 rings (SSSR count). The number of nitrogens with two attached hydrogens (primary N) is 1. The minimum Gasteiger partial charge on any atom is -0.394 e. The minimum absolute atomic E-state index is 0.0993. The summed E-state index contributed by atoms with van der Waals surface area (Å²) in [6.45, 7) is 1.68. The Morgan fingerprint density at radius 2 is 2.03 bits per heavy atom. The number of aliphatic hydroxyl groups excluding tert-OH is 4. The van der Waals surface area contributed by atoms with E-state index < -0.39 is 37.3 Å². The number of unbranched alkanes of at least 4 members (excludes halogenated alkanes) is 3. The van der Waals surface area contributed by atoms with Crippen molar-refractivity contribution in [2.24, 2.45) is 0 Å². The van der Waals surface area contributed by atoms with Gasteiger partial charge in [-0.05, 0) is 18.8 Å². The normalized spacial score (nSPS) is 25.1. The molecule has 0 saturated carbocycles. The number of imidazole rings is 1. The predicted octanol–water partition coefficient (Wildman–Crippen LogP) is -0.297. The first-order chi connectivity index (χ1) is 14.0. The molecule has 0 aromatic carbocycles. The van der Waals surface area contributed by atoms with Crippen LogP contribution in [0, 0.1) is 11.8 Å². The Bertz CT molecular complexity index is 892. The Balaban J connectivity index is 1.82. The molecule has 0 aliphatic carbocycles. The zero-order valence-corrected chi connectivity index (χ0v) is 16.3. The highest BCUT2D eigenvalue weighted by Gasteiger charge is 2.44. The van der Waals surface area contributed by atoms with Crippen molar-refractivity contribution in [3.05, 3.63) is 12.2 Å². The Kier molecular flexibility index (Phi) is 7.00. The van der Waals surface area contributed by atoms with Gasteiger partial charge in [0.25, 0.3) is 0 Å². The molecule has 1 aliphatic heterocycles. The maximum absolute atomic E-state index is 10.3. The molecular formula is C19H27N5O5. The lowest BCUT2D eigenvalue weighted by molar-refractivity contribution is -0.0511. The zero-order valence-electron chi connectivity index (χ0n) is 16.3.